The van der Waals surface area contributed by atoms with Crippen LogP contribution in [0.2, 0.25) is 0 Å². The van der Waals surface area contributed by atoms with E-state index in [0.717, 1.165) is 37.5 Å². The Labute approximate surface area is 126 Å². The van der Waals surface area contributed by atoms with Gasteiger partial charge in [-0.15, -0.1) is 0 Å². The van der Waals surface area contributed by atoms with Gasteiger partial charge in [0, 0.05) is 30.8 Å². The van der Waals surface area contributed by atoms with Crippen molar-refractivity contribution in [2.75, 3.05) is 20.8 Å². The van der Waals surface area contributed by atoms with Crippen LogP contribution in [0.4, 0.5) is 0 Å². The van der Waals surface area contributed by atoms with Crippen LogP contribution in [-0.4, -0.2) is 32.5 Å². The lowest BCUT2D eigenvalue weighted by Gasteiger charge is -2.47. The molecule has 1 aliphatic carbocycles. The van der Waals surface area contributed by atoms with Crippen molar-refractivity contribution in [1.29, 1.82) is 0 Å². The van der Waals surface area contributed by atoms with Crippen molar-refractivity contribution in [3.05, 3.63) is 23.8 Å². The second kappa shape index (κ2) is 6.24. The summed E-state index contributed by atoms with van der Waals surface area (Å²) < 4.78 is 16.7. The van der Waals surface area contributed by atoms with E-state index in [1.807, 2.05) is 12.1 Å². The monoisotopic (exact) mass is 291 g/mol. The zero-order valence-electron chi connectivity index (χ0n) is 13.0. The van der Waals surface area contributed by atoms with Gasteiger partial charge in [0.25, 0.3) is 0 Å². The molecule has 0 radical (unpaired) electrons. The van der Waals surface area contributed by atoms with Gasteiger partial charge in [0.2, 0.25) is 0 Å². The molecule has 0 amide bonds. The molecule has 1 aliphatic heterocycles. The Bertz CT molecular complexity index is 485. The Hall–Kier alpha value is -1.26. The smallest absolute Gasteiger partial charge is 0.127 e. The van der Waals surface area contributed by atoms with Gasteiger partial charge in [-0.2, -0.15) is 0 Å². The zero-order valence-corrected chi connectivity index (χ0v) is 13.0. The minimum absolute atomic E-state index is 0.194. The maximum atomic E-state index is 5.98. The first-order valence-corrected chi connectivity index (χ1v) is 7.83. The first-order chi connectivity index (χ1) is 10.2. The first kappa shape index (κ1) is 14.7. The van der Waals surface area contributed by atoms with Crippen LogP contribution in [0.25, 0.3) is 0 Å². The van der Waals surface area contributed by atoms with Gasteiger partial charge in [-0.25, -0.2) is 0 Å². The van der Waals surface area contributed by atoms with Crippen LogP contribution in [0.5, 0.6) is 11.5 Å². The molecule has 1 unspecified atom stereocenters. The largest absolute Gasteiger partial charge is 0.497 e. The highest BCUT2D eigenvalue weighted by molar-refractivity contribution is 5.40. The molecule has 1 atom stereocenters. The molecule has 1 heterocycles. The maximum Gasteiger partial charge on any atom is 0.127 e. The molecule has 0 bridgehead atoms. The van der Waals surface area contributed by atoms with Crippen molar-refractivity contribution in [3.8, 4) is 11.5 Å². The molecule has 2 fully saturated rings. The van der Waals surface area contributed by atoms with E-state index in [1.54, 1.807) is 14.2 Å². The van der Waals surface area contributed by atoms with Crippen molar-refractivity contribution in [2.45, 2.75) is 50.3 Å². The van der Waals surface area contributed by atoms with Crippen molar-refractivity contribution < 1.29 is 14.2 Å². The maximum absolute atomic E-state index is 5.98. The van der Waals surface area contributed by atoms with Gasteiger partial charge >= 0.3 is 0 Å². The number of ether oxygens (including phenoxy) is 3. The lowest BCUT2D eigenvalue weighted by molar-refractivity contribution is -0.135. The molecule has 116 valence electrons. The van der Waals surface area contributed by atoms with Gasteiger partial charge in [-0.3, -0.25) is 0 Å². The predicted octanol–water partition coefficient (Wildman–Crippen LogP) is 2.90. The molecule has 1 N–H and O–H groups in total. The first-order valence-electron chi connectivity index (χ1n) is 7.83. The molecule has 1 spiro atoms. The van der Waals surface area contributed by atoms with E-state index in [2.05, 4.69) is 11.4 Å². The van der Waals surface area contributed by atoms with E-state index in [1.165, 1.54) is 24.8 Å². The molecule has 0 aromatic heterocycles. The van der Waals surface area contributed by atoms with Gasteiger partial charge in [0.1, 0.15) is 11.5 Å². The minimum atomic E-state index is 0.194. The SMILES string of the molecule is COc1ccc(CNC2CCOC3(CCC3)C2)c(OC)c1. The van der Waals surface area contributed by atoms with Crippen LogP contribution < -0.4 is 14.8 Å². The molecule has 1 aromatic rings. The quantitative estimate of drug-likeness (QED) is 0.905. The molecule has 1 saturated heterocycles. The topological polar surface area (TPSA) is 39.7 Å². The van der Waals surface area contributed by atoms with Crippen LogP contribution >= 0.6 is 0 Å². The average Bonchev–Trinajstić information content (AvgIpc) is 2.51. The van der Waals surface area contributed by atoms with Gasteiger partial charge in [-0.1, -0.05) is 6.07 Å². The second-order valence-corrected chi connectivity index (χ2v) is 6.13. The van der Waals surface area contributed by atoms with E-state index in [-0.39, 0.29) is 5.60 Å². The number of methoxy groups -OCH3 is 2. The average molecular weight is 291 g/mol. The Morgan fingerprint density at radius 2 is 2.14 bits per heavy atom. The zero-order chi connectivity index (χ0) is 14.7. The summed E-state index contributed by atoms with van der Waals surface area (Å²) in [6.45, 7) is 1.71. The summed E-state index contributed by atoms with van der Waals surface area (Å²) in [6.07, 6.45) is 6.03. The summed E-state index contributed by atoms with van der Waals surface area (Å²) in [6, 6.07) is 6.54. The number of hydrogen-bond acceptors (Lipinski definition) is 4. The Kier molecular flexibility index (Phi) is 4.36. The van der Waals surface area contributed by atoms with Crippen LogP contribution in [0.15, 0.2) is 18.2 Å². The molecular weight excluding hydrogens is 266 g/mol. The molecule has 21 heavy (non-hydrogen) atoms. The lowest BCUT2D eigenvalue weighted by Crippen LogP contribution is -2.50. The van der Waals surface area contributed by atoms with Crippen LogP contribution in [0.1, 0.15) is 37.7 Å². The molecule has 1 saturated carbocycles. The number of rotatable bonds is 5. The van der Waals surface area contributed by atoms with Crippen LogP contribution in [0.3, 0.4) is 0 Å². The van der Waals surface area contributed by atoms with E-state index in [0.29, 0.717) is 6.04 Å². The van der Waals surface area contributed by atoms with Crippen molar-refractivity contribution in [1.82, 2.24) is 5.32 Å². The minimum Gasteiger partial charge on any atom is -0.497 e. The van der Waals surface area contributed by atoms with Crippen molar-refractivity contribution in [2.24, 2.45) is 0 Å². The fraction of sp³-hybridized carbons (Fsp3) is 0.647. The Morgan fingerprint density at radius 1 is 1.29 bits per heavy atom. The van der Waals surface area contributed by atoms with E-state index >= 15 is 0 Å². The summed E-state index contributed by atoms with van der Waals surface area (Å²) in [5.74, 6) is 1.71. The molecule has 4 nitrogen and oxygen atoms in total. The van der Waals surface area contributed by atoms with Crippen molar-refractivity contribution in [3.63, 3.8) is 0 Å². The normalized spacial score (nSPS) is 23.6. The second-order valence-electron chi connectivity index (χ2n) is 6.13. The molecule has 4 heteroatoms. The Morgan fingerprint density at radius 3 is 2.81 bits per heavy atom. The summed E-state index contributed by atoms with van der Waals surface area (Å²) in [5.41, 5.74) is 1.37. The standard InChI is InChI=1S/C17H25NO3/c1-19-15-5-4-13(16(10-15)20-2)12-18-14-6-9-21-17(11-14)7-3-8-17/h4-5,10,14,18H,3,6-9,11-12H2,1-2H3. The highest BCUT2D eigenvalue weighted by Crippen LogP contribution is 2.42. The van der Waals surface area contributed by atoms with Gasteiger partial charge in [0.15, 0.2) is 0 Å². The van der Waals surface area contributed by atoms with Gasteiger partial charge in [-0.05, 0) is 38.2 Å². The van der Waals surface area contributed by atoms with E-state index < -0.39 is 0 Å². The molecule has 1 aromatic carbocycles. The number of benzene rings is 1. The summed E-state index contributed by atoms with van der Waals surface area (Å²) in [4.78, 5) is 0. The van der Waals surface area contributed by atoms with Crippen LogP contribution in [0, 0.1) is 0 Å². The van der Waals surface area contributed by atoms with Crippen LogP contribution in [-0.2, 0) is 11.3 Å². The molecule has 2 aliphatic rings. The Balaban J connectivity index is 1.59. The third-order valence-electron chi connectivity index (χ3n) is 4.83. The summed E-state index contributed by atoms with van der Waals surface area (Å²) >= 11 is 0. The summed E-state index contributed by atoms with van der Waals surface area (Å²) in [7, 11) is 3.38. The number of hydrogen-bond donors (Lipinski definition) is 1. The van der Waals surface area contributed by atoms with Crippen molar-refractivity contribution >= 4 is 0 Å². The van der Waals surface area contributed by atoms with Gasteiger partial charge < -0.3 is 19.5 Å². The third kappa shape index (κ3) is 3.16. The predicted molar refractivity (Wildman–Crippen MR) is 81.9 cm³/mol. The molecular formula is C17H25NO3. The third-order valence-corrected chi connectivity index (χ3v) is 4.83. The highest BCUT2D eigenvalue weighted by Gasteiger charge is 2.42. The highest BCUT2D eigenvalue weighted by atomic mass is 16.5. The fourth-order valence-electron chi connectivity index (χ4n) is 3.37. The number of nitrogens with one attached hydrogen (secondary N) is 1. The van der Waals surface area contributed by atoms with E-state index in [4.69, 9.17) is 14.2 Å². The van der Waals surface area contributed by atoms with Gasteiger partial charge in [0.05, 0.1) is 19.8 Å². The van der Waals surface area contributed by atoms with E-state index in [9.17, 15) is 0 Å². The summed E-state index contributed by atoms with van der Waals surface area (Å²) in [5, 5.41) is 3.67. The lowest BCUT2D eigenvalue weighted by atomic mass is 9.74. The molecule has 3 rings (SSSR count). The fourth-order valence-corrected chi connectivity index (χ4v) is 3.37.